The Labute approximate surface area is 141 Å². The summed E-state index contributed by atoms with van der Waals surface area (Å²) >= 11 is 0. The van der Waals surface area contributed by atoms with Crippen molar-refractivity contribution in [3.8, 4) is 5.75 Å². The Morgan fingerprint density at radius 2 is 2.00 bits per heavy atom. The van der Waals surface area contributed by atoms with Crippen molar-refractivity contribution >= 4 is 16.7 Å². The smallest absolute Gasteiger partial charge is 0.268 e. The number of benzene rings is 1. The molecule has 0 spiro atoms. The molecule has 1 aliphatic rings. The highest BCUT2D eigenvalue weighted by Crippen LogP contribution is 2.23. The van der Waals surface area contributed by atoms with Gasteiger partial charge in [-0.1, -0.05) is 19.3 Å². The van der Waals surface area contributed by atoms with Gasteiger partial charge in [-0.3, -0.25) is 9.59 Å². The van der Waals surface area contributed by atoms with Gasteiger partial charge in [0.05, 0.1) is 7.11 Å². The molecule has 1 aliphatic carbocycles. The summed E-state index contributed by atoms with van der Waals surface area (Å²) in [5.41, 5.74) is 0.217. The molecule has 0 atom stereocenters. The number of amides is 1. The summed E-state index contributed by atoms with van der Waals surface area (Å²) in [4.78, 5) is 25.1. The number of hydrogen-bond donors (Lipinski definition) is 1. The second-order valence-corrected chi connectivity index (χ2v) is 6.56. The van der Waals surface area contributed by atoms with Gasteiger partial charge < -0.3 is 14.6 Å². The molecule has 0 bridgehead atoms. The van der Waals surface area contributed by atoms with Crippen molar-refractivity contribution < 1.29 is 9.53 Å². The zero-order valence-electron chi connectivity index (χ0n) is 14.3. The van der Waals surface area contributed by atoms with Crippen molar-refractivity contribution in [3.05, 3.63) is 40.3 Å². The molecule has 0 saturated heterocycles. The Morgan fingerprint density at radius 1 is 1.25 bits per heavy atom. The van der Waals surface area contributed by atoms with Gasteiger partial charge in [0.2, 0.25) is 0 Å². The minimum Gasteiger partial charge on any atom is -0.497 e. The summed E-state index contributed by atoms with van der Waals surface area (Å²) in [7, 11) is 3.22. The summed E-state index contributed by atoms with van der Waals surface area (Å²) in [6.45, 7) is 0.684. The average Bonchev–Trinajstić information content (AvgIpc) is 2.63. The van der Waals surface area contributed by atoms with Crippen molar-refractivity contribution in [1.29, 1.82) is 0 Å². The van der Waals surface area contributed by atoms with Gasteiger partial charge in [0.1, 0.15) is 11.4 Å². The van der Waals surface area contributed by atoms with Crippen LogP contribution in [-0.4, -0.2) is 24.1 Å². The summed E-state index contributed by atoms with van der Waals surface area (Å²) < 4.78 is 6.63. The first-order valence-corrected chi connectivity index (χ1v) is 8.56. The number of ether oxygens (including phenoxy) is 1. The van der Waals surface area contributed by atoms with Gasteiger partial charge in [-0.05, 0) is 48.4 Å². The van der Waals surface area contributed by atoms with Crippen molar-refractivity contribution in [2.24, 2.45) is 13.0 Å². The third kappa shape index (κ3) is 3.30. The predicted molar refractivity (Wildman–Crippen MR) is 94.6 cm³/mol. The fourth-order valence-electron chi connectivity index (χ4n) is 3.45. The number of nitrogens with one attached hydrogen (secondary N) is 1. The number of hydrogen-bond acceptors (Lipinski definition) is 3. The second-order valence-electron chi connectivity index (χ2n) is 6.56. The Hall–Kier alpha value is -2.30. The number of aromatic nitrogens is 1. The highest BCUT2D eigenvalue weighted by molar-refractivity contribution is 5.96. The number of nitrogens with zero attached hydrogens (tertiary/aromatic N) is 1. The molecule has 1 saturated carbocycles. The minimum atomic E-state index is -0.190. The Bertz CT molecular complexity index is 804. The molecule has 0 aliphatic heterocycles. The quantitative estimate of drug-likeness (QED) is 0.939. The van der Waals surface area contributed by atoms with Gasteiger partial charge in [-0.15, -0.1) is 0 Å². The van der Waals surface area contributed by atoms with Gasteiger partial charge in [0, 0.05) is 19.0 Å². The Morgan fingerprint density at radius 3 is 2.71 bits per heavy atom. The predicted octanol–water partition coefficient (Wildman–Crippen LogP) is 2.86. The highest BCUT2D eigenvalue weighted by Gasteiger charge is 2.17. The third-order valence-corrected chi connectivity index (χ3v) is 4.96. The van der Waals surface area contributed by atoms with E-state index >= 15 is 0 Å². The maximum Gasteiger partial charge on any atom is 0.268 e. The molecule has 1 fully saturated rings. The zero-order valence-corrected chi connectivity index (χ0v) is 14.3. The van der Waals surface area contributed by atoms with E-state index in [2.05, 4.69) is 5.32 Å². The number of fused-ring (bicyclic) bond motifs is 1. The van der Waals surface area contributed by atoms with Crippen molar-refractivity contribution in [1.82, 2.24) is 9.88 Å². The molecule has 0 radical (unpaired) electrons. The maximum absolute atomic E-state index is 12.6. The van der Waals surface area contributed by atoms with E-state index in [0.717, 1.165) is 5.39 Å². The van der Waals surface area contributed by atoms with Crippen LogP contribution in [0.15, 0.2) is 29.1 Å². The first kappa shape index (κ1) is 16.6. The van der Waals surface area contributed by atoms with E-state index in [1.165, 1.54) is 36.7 Å². The lowest BCUT2D eigenvalue weighted by atomic mass is 9.89. The van der Waals surface area contributed by atoms with E-state index in [0.29, 0.717) is 29.3 Å². The van der Waals surface area contributed by atoms with Crippen LogP contribution in [0.5, 0.6) is 5.75 Å². The molecule has 2 aromatic rings. The SMILES string of the molecule is COc1ccc2c(=O)n(C)c(C(=O)NCC3CCCCC3)cc2c1. The molecule has 24 heavy (non-hydrogen) atoms. The summed E-state index contributed by atoms with van der Waals surface area (Å²) in [5, 5.41) is 4.31. The number of rotatable bonds is 4. The van der Waals surface area contributed by atoms with Gasteiger partial charge in [-0.2, -0.15) is 0 Å². The van der Waals surface area contributed by atoms with E-state index in [9.17, 15) is 9.59 Å². The van der Waals surface area contributed by atoms with Crippen LogP contribution in [0.4, 0.5) is 0 Å². The Kier molecular flexibility index (Phi) is 4.88. The van der Waals surface area contributed by atoms with Gasteiger partial charge in [-0.25, -0.2) is 0 Å². The molecule has 1 N–H and O–H groups in total. The summed E-state index contributed by atoms with van der Waals surface area (Å²) in [6.07, 6.45) is 6.14. The molecule has 0 unspecified atom stereocenters. The molecule has 5 heteroatoms. The van der Waals surface area contributed by atoms with E-state index in [4.69, 9.17) is 4.74 Å². The summed E-state index contributed by atoms with van der Waals surface area (Å²) in [6, 6.07) is 7.04. The van der Waals surface area contributed by atoms with E-state index < -0.39 is 0 Å². The summed E-state index contributed by atoms with van der Waals surface area (Å²) in [5.74, 6) is 1.04. The van der Waals surface area contributed by atoms with Crippen LogP contribution >= 0.6 is 0 Å². The Balaban J connectivity index is 1.85. The topological polar surface area (TPSA) is 60.3 Å². The van der Waals surface area contributed by atoms with Gasteiger partial charge in [0.15, 0.2) is 0 Å². The van der Waals surface area contributed by atoms with Crippen molar-refractivity contribution in [2.45, 2.75) is 32.1 Å². The molecule has 1 amide bonds. The number of carbonyl (C=O) groups is 1. The highest BCUT2D eigenvalue weighted by atomic mass is 16.5. The van der Waals surface area contributed by atoms with Crippen LogP contribution < -0.4 is 15.6 Å². The number of methoxy groups -OCH3 is 1. The molecule has 5 nitrogen and oxygen atoms in total. The van der Waals surface area contributed by atoms with E-state index in [-0.39, 0.29) is 11.5 Å². The monoisotopic (exact) mass is 328 g/mol. The molecule has 1 aromatic carbocycles. The molecule has 3 rings (SSSR count). The maximum atomic E-state index is 12.6. The van der Waals surface area contributed by atoms with E-state index in [1.54, 1.807) is 38.4 Å². The van der Waals surface area contributed by atoms with Crippen LogP contribution in [0.3, 0.4) is 0 Å². The first-order chi connectivity index (χ1) is 11.6. The fraction of sp³-hybridized carbons (Fsp3) is 0.474. The van der Waals surface area contributed by atoms with Crippen LogP contribution in [-0.2, 0) is 7.05 Å². The largest absolute Gasteiger partial charge is 0.497 e. The third-order valence-electron chi connectivity index (χ3n) is 4.96. The number of carbonyl (C=O) groups excluding carboxylic acids is 1. The van der Waals surface area contributed by atoms with Crippen molar-refractivity contribution in [3.63, 3.8) is 0 Å². The zero-order chi connectivity index (χ0) is 17.1. The van der Waals surface area contributed by atoms with Crippen molar-refractivity contribution in [2.75, 3.05) is 13.7 Å². The molecule has 128 valence electrons. The molecule has 1 heterocycles. The average molecular weight is 328 g/mol. The normalized spacial score (nSPS) is 15.4. The second kappa shape index (κ2) is 7.07. The van der Waals surface area contributed by atoms with Crippen LogP contribution in [0, 0.1) is 5.92 Å². The number of pyridine rings is 1. The fourth-order valence-corrected chi connectivity index (χ4v) is 3.45. The molecule has 1 aromatic heterocycles. The van der Waals surface area contributed by atoms with Crippen LogP contribution in [0.25, 0.3) is 10.8 Å². The van der Waals surface area contributed by atoms with Crippen LogP contribution in [0.1, 0.15) is 42.6 Å². The lowest BCUT2D eigenvalue weighted by Gasteiger charge is -2.22. The molecular weight excluding hydrogens is 304 g/mol. The lowest BCUT2D eigenvalue weighted by molar-refractivity contribution is 0.0934. The first-order valence-electron chi connectivity index (χ1n) is 8.56. The van der Waals surface area contributed by atoms with E-state index in [1.807, 2.05) is 0 Å². The standard InChI is InChI=1S/C19H24N2O3/c1-21-17(18(22)20-12-13-6-4-3-5-7-13)11-14-10-15(24-2)8-9-16(14)19(21)23/h8-11,13H,3-7,12H2,1-2H3,(H,20,22). The lowest BCUT2D eigenvalue weighted by Crippen LogP contribution is -2.34. The van der Waals surface area contributed by atoms with Crippen LogP contribution in [0.2, 0.25) is 0 Å². The van der Waals surface area contributed by atoms with Gasteiger partial charge in [0.25, 0.3) is 11.5 Å². The van der Waals surface area contributed by atoms with Gasteiger partial charge >= 0.3 is 0 Å². The minimum absolute atomic E-state index is 0.169. The molecular formula is C19H24N2O3.